The molecule has 0 unspecified atom stereocenters. The summed E-state index contributed by atoms with van der Waals surface area (Å²) in [6.45, 7) is 2.47. The lowest BCUT2D eigenvalue weighted by molar-refractivity contribution is 0.0734. The fourth-order valence-electron chi connectivity index (χ4n) is 3.34. The van der Waals surface area contributed by atoms with Crippen LogP contribution in [0.15, 0.2) is 54.6 Å². The van der Waals surface area contributed by atoms with Gasteiger partial charge in [0, 0.05) is 5.56 Å². The van der Waals surface area contributed by atoms with Crippen molar-refractivity contribution >= 4 is 5.97 Å². The number of hydrogen-bond acceptors (Lipinski definition) is 3. The molecule has 36 heavy (non-hydrogen) atoms. The molecule has 188 valence electrons. The molecule has 0 saturated carbocycles. The van der Waals surface area contributed by atoms with Crippen LogP contribution in [-0.2, 0) is 0 Å². The first-order valence-corrected chi connectivity index (χ1v) is 11.8. The minimum Gasteiger partial charge on any atom is -0.490 e. The maximum absolute atomic E-state index is 14.4. The molecule has 0 heterocycles. The van der Waals surface area contributed by atoms with Crippen molar-refractivity contribution in [1.82, 2.24) is 0 Å². The summed E-state index contributed by atoms with van der Waals surface area (Å²) in [5.41, 5.74) is 0.203. The highest BCUT2D eigenvalue weighted by molar-refractivity contribution is 5.91. The van der Waals surface area contributed by atoms with Gasteiger partial charge in [0.1, 0.15) is 5.75 Å². The Morgan fingerprint density at radius 3 is 2.22 bits per heavy atom. The number of hydrogen-bond donors (Lipinski definition) is 0. The van der Waals surface area contributed by atoms with Gasteiger partial charge in [-0.2, -0.15) is 4.39 Å². The zero-order valence-corrected chi connectivity index (χ0v) is 19.9. The fourth-order valence-corrected chi connectivity index (χ4v) is 3.34. The third-order valence-corrected chi connectivity index (χ3v) is 5.36. The third kappa shape index (κ3) is 7.61. The van der Waals surface area contributed by atoms with Gasteiger partial charge in [-0.3, -0.25) is 0 Å². The van der Waals surface area contributed by atoms with Gasteiger partial charge in [-0.15, -0.1) is 0 Å². The molecule has 0 spiro atoms. The van der Waals surface area contributed by atoms with Crippen molar-refractivity contribution < 1.29 is 31.8 Å². The van der Waals surface area contributed by atoms with Crippen LogP contribution in [0.25, 0.3) is 0 Å². The molecule has 0 aliphatic rings. The minimum absolute atomic E-state index is 0.117. The summed E-state index contributed by atoms with van der Waals surface area (Å²) in [6, 6.07) is 11.3. The Kier molecular flexibility index (Phi) is 9.93. The molecule has 0 amide bonds. The number of benzene rings is 3. The molecule has 0 atom stereocenters. The van der Waals surface area contributed by atoms with Crippen molar-refractivity contribution in [3.05, 3.63) is 94.6 Å². The van der Waals surface area contributed by atoms with Crippen LogP contribution in [0.2, 0.25) is 0 Å². The molecular formula is C29H26F4O3. The van der Waals surface area contributed by atoms with E-state index in [-0.39, 0.29) is 22.6 Å². The molecule has 0 aliphatic carbocycles. The molecule has 0 N–H and O–H groups in total. The molecule has 3 aromatic carbocycles. The van der Waals surface area contributed by atoms with Crippen LogP contribution in [0.5, 0.6) is 11.5 Å². The van der Waals surface area contributed by atoms with Crippen LogP contribution in [0.4, 0.5) is 17.6 Å². The van der Waals surface area contributed by atoms with E-state index in [0.29, 0.717) is 12.2 Å². The normalized spacial score (nSPS) is 10.5. The number of ether oxygens (including phenoxy) is 2. The Morgan fingerprint density at radius 1 is 0.778 bits per heavy atom. The Labute approximate surface area is 208 Å². The second kappa shape index (κ2) is 13.3. The predicted octanol–water partition coefficient (Wildman–Crippen LogP) is 7.60. The number of carbonyl (C=O) groups is 1. The van der Waals surface area contributed by atoms with Crippen molar-refractivity contribution in [1.29, 1.82) is 0 Å². The van der Waals surface area contributed by atoms with E-state index in [2.05, 4.69) is 18.8 Å². The Hall–Kier alpha value is -3.79. The second-order valence-electron chi connectivity index (χ2n) is 8.15. The Bertz CT molecular complexity index is 1240. The highest BCUT2D eigenvalue weighted by Crippen LogP contribution is 2.23. The maximum atomic E-state index is 14.4. The smallest absolute Gasteiger partial charge is 0.343 e. The van der Waals surface area contributed by atoms with E-state index in [1.807, 2.05) is 0 Å². The molecule has 3 nitrogen and oxygen atoms in total. The number of halogens is 4. The largest absolute Gasteiger partial charge is 0.490 e. The zero-order chi connectivity index (χ0) is 25.9. The summed E-state index contributed by atoms with van der Waals surface area (Å²) >= 11 is 0. The summed E-state index contributed by atoms with van der Waals surface area (Å²) in [5, 5.41) is 0. The molecule has 7 heteroatoms. The van der Waals surface area contributed by atoms with Crippen LogP contribution >= 0.6 is 0 Å². The molecule has 0 bridgehead atoms. The van der Waals surface area contributed by atoms with Crippen LogP contribution in [0.1, 0.15) is 66.9 Å². The van der Waals surface area contributed by atoms with Gasteiger partial charge >= 0.3 is 5.97 Å². The Balaban J connectivity index is 1.57. The van der Waals surface area contributed by atoms with Gasteiger partial charge in [-0.05, 0) is 61.0 Å². The van der Waals surface area contributed by atoms with E-state index in [9.17, 15) is 22.4 Å². The molecule has 0 fully saturated rings. The van der Waals surface area contributed by atoms with Gasteiger partial charge in [0.2, 0.25) is 5.82 Å². The van der Waals surface area contributed by atoms with Gasteiger partial charge in [-0.1, -0.05) is 50.9 Å². The predicted molar refractivity (Wildman–Crippen MR) is 129 cm³/mol. The lowest BCUT2D eigenvalue weighted by atomic mass is 10.1. The van der Waals surface area contributed by atoms with Crippen LogP contribution in [-0.4, -0.2) is 12.6 Å². The number of rotatable bonds is 10. The number of carbonyl (C=O) groups excluding carboxylic acids is 1. The van der Waals surface area contributed by atoms with Crippen LogP contribution in [0.3, 0.4) is 0 Å². The van der Waals surface area contributed by atoms with E-state index < -0.39 is 29.2 Å². The fraction of sp³-hybridized carbons (Fsp3) is 0.276. The van der Waals surface area contributed by atoms with Gasteiger partial charge in [0.25, 0.3) is 0 Å². The lowest BCUT2D eigenvalue weighted by Crippen LogP contribution is -2.09. The van der Waals surface area contributed by atoms with E-state index >= 15 is 0 Å². The SMILES string of the molecule is CCCCCCCCOc1ccc(C#Cc2ccc(OC(=O)c3ccc(F)c(F)c3)cc2)c(F)c1F. The van der Waals surface area contributed by atoms with E-state index in [1.165, 1.54) is 49.2 Å². The van der Waals surface area contributed by atoms with Gasteiger partial charge in [0.15, 0.2) is 23.2 Å². The lowest BCUT2D eigenvalue weighted by Gasteiger charge is -2.08. The number of unbranched alkanes of at least 4 members (excludes halogenated alkanes) is 5. The van der Waals surface area contributed by atoms with E-state index in [1.54, 1.807) is 0 Å². The molecule has 3 rings (SSSR count). The van der Waals surface area contributed by atoms with Gasteiger partial charge < -0.3 is 9.47 Å². The molecule has 0 saturated heterocycles. The average molecular weight is 499 g/mol. The molecule has 0 aliphatic heterocycles. The maximum Gasteiger partial charge on any atom is 0.343 e. The highest BCUT2D eigenvalue weighted by atomic mass is 19.2. The highest BCUT2D eigenvalue weighted by Gasteiger charge is 2.14. The van der Waals surface area contributed by atoms with Crippen molar-refractivity contribution in [3.8, 4) is 23.3 Å². The molecule has 0 aromatic heterocycles. The van der Waals surface area contributed by atoms with Crippen molar-refractivity contribution in [3.63, 3.8) is 0 Å². The number of esters is 1. The molecule has 0 radical (unpaired) electrons. The average Bonchev–Trinajstić information content (AvgIpc) is 2.88. The standard InChI is InChI=1S/C29H26F4O3/c1-2-3-4-5-6-7-18-35-26-17-13-21(27(32)28(26)33)11-8-20-9-14-23(15-10-20)36-29(34)22-12-16-24(30)25(31)19-22/h9-10,12-17,19H,2-7,18H2,1H3. The summed E-state index contributed by atoms with van der Waals surface area (Å²) in [7, 11) is 0. The molecule has 3 aromatic rings. The van der Waals surface area contributed by atoms with Crippen molar-refractivity contribution in [2.75, 3.05) is 6.61 Å². The summed E-state index contributed by atoms with van der Waals surface area (Å²) in [4.78, 5) is 12.1. The van der Waals surface area contributed by atoms with Crippen molar-refractivity contribution in [2.24, 2.45) is 0 Å². The Morgan fingerprint density at radius 2 is 1.50 bits per heavy atom. The first-order chi connectivity index (χ1) is 17.4. The summed E-state index contributed by atoms with van der Waals surface area (Å²) < 4.78 is 65.6. The van der Waals surface area contributed by atoms with Crippen LogP contribution in [0, 0.1) is 35.1 Å². The monoisotopic (exact) mass is 498 g/mol. The first-order valence-electron chi connectivity index (χ1n) is 11.8. The minimum atomic E-state index is -1.16. The topological polar surface area (TPSA) is 35.5 Å². The quantitative estimate of drug-likeness (QED) is 0.0949. The third-order valence-electron chi connectivity index (χ3n) is 5.36. The van der Waals surface area contributed by atoms with Gasteiger partial charge in [0.05, 0.1) is 17.7 Å². The van der Waals surface area contributed by atoms with E-state index in [0.717, 1.165) is 43.9 Å². The summed E-state index contributed by atoms with van der Waals surface area (Å²) in [5.74, 6) is 0.0773. The molecular weight excluding hydrogens is 472 g/mol. The van der Waals surface area contributed by atoms with Crippen LogP contribution < -0.4 is 9.47 Å². The zero-order valence-electron chi connectivity index (χ0n) is 19.9. The summed E-state index contributed by atoms with van der Waals surface area (Å²) in [6.07, 6.45) is 6.38. The van der Waals surface area contributed by atoms with Gasteiger partial charge in [-0.25, -0.2) is 18.0 Å². The first kappa shape index (κ1) is 26.8. The second-order valence-corrected chi connectivity index (χ2v) is 8.15. The van der Waals surface area contributed by atoms with E-state index in [4.69, 9.17) is 9.47 Å². The van der Waals surface area contributed by atoms with Crippen molar-refractivity contribution in [2.45, 2.75) is 45.4 Å².